The van der Waals surface area contributed by atoms with Crippen molar-refractivity contribution >= 4 is 29.3 Å². The second-order valence-electron chi connectivity index (χ2n) is 5.63. The summed E-state index contributed by atoms with van der Waals surface area (Å²) in [6, 6.07) is 12.3. The topological polar surface area (TPSA) is 81.4 Å². The smallest absolute Gasteiger partial charge is 0.338 e. The van der Waals surface area contributed by atoms with Crippen molar-refractivity contribution in [1.82, 2.24) is 4.98 Å². The van der Waals surface area contributed by atoms with Crippen molar-refractivity contribution < 1.29 is 23.1 Å². The molecule has 0 radical (unpaired) electrons. The van der Waals surface area contributed by atoms with Crippen molar-refractivity contribution in [3.63, 3.8) is 0 Å². The predicted molar refractivity (Wildman–Crippen MR) is 104 cm³/mol. The standard InChI is InChI=1S/C20H17FN2O4S/c1-2-26-19(25)14-5-9-16(10-6-14)23-18(24)12-28-20-22-11-17(27-20)13-3-7-15(21)8-4-13/h3-11H,2,12H2,1H3,(H,23,24). The number of aromatic nitrogens is 1. The third-order valence-corrected chi connectivity index (χ3v) is 4.46. The monoisotopic (exact) mass is 400 g/mol. The van der Waals surface area contributed by atoms with Gasteiger partial charge in [-0.25, -0.2) is 14.2 Å². The zero-order chi connectivity index (χ0) is 19.9. The maximum Gasteiger partial charge on any atom is 0.338 e. The molecule has 1 amide bonds. The van der Waals surface area contributed by atoms with E-state index < -0.39 is 5.97 Å². The molecule has 1 N–H and O–H groups in total. The Morgan fingerprint density at radius 1 is 1.14 bits per heavy atom. The Hall–Kier alpha value is -3.13. The van der Waals surface area contributed by atoms with Gasteiger partial charge in [0.2, 0.25) is 5.91 Å². The zero-order valence-corrected chi connectivity index (χ0v) is 15.8. The van der Waals surface area contributed by atoms with E-state index in [4.69, 9.17) is 9.15 Å². The number of amides is 1. The van der Waals surface area contributed by atoms with Crippen LogP contribution in [0, 0.1) is 5.82 Å². The Bertz CT molecular complexity index is 955. The highest BCUT2D eigenvalue weighted by Gasteiger charge is 2.11. The van der Waals surface area contributed by atoms with E-state index in [1.807, 2.05) is 0 Å². The van der Waals surface area contributed by atoms with Crippen LogP contribution in [0.4, 0.5) is 10.1 Å². The van der Waals surface area contributed by atoms with Gasteiger partial charge in [-0.15, -0.1) is 0 Å². The molecule has 1 aromatic heterocycles. The summed E-state index contributed by atoms with van der Waals surface area (Å²) in [5.41, 5.74) is 1.69. The average Bonchev–Trinajstić information content (AvgIpc) is 3.17. The van der Waals surface area contributed by atoms with E-state index in [9.17, 15) is 14.0 Å². The van der Waals surface area contributed by atoms with Crippen molar-refractivity contribution in [3.05, 3.63) is 66.1 Å². The van der Waals surface area contributed by atoms with Crippen LogP contribution in [0.15, 0.2) is 64.4 Å². The van der Waals surface area contributed by atoms with Gasteiger partial charge < -0.3 is 14.5 Å². The van der Waals surface area contributed by atoms with E-state index in [2.05, 4.69) is 10.3 Å². The van der Waals surface area contributed by atoms with Crippen molar-refractivity contribution in [1.29, 1.82) is 0 Å². The van der Waals surface area contributed by atoms with Gasteiger partial charge in [-0.3, -0.25) is 4.79 Å². The summed E-state index contributed by atoms with van der Waals surface area (Å²) in [6.45, 7) is 2.04. The number of carbonyl (C=O) groups is 2. The number of anilines is 1. The molecule has 0 aliphatic heterocycles. The van der Waals surface area contributed by atoms with E-state index in [1.165, 1.54) is 18.3 Å². The normalized spacial score (nSPS) is 10.5. The molecule has 0 fully saturated rings. The van der Waals surface area contributed by atoms with Crippen molar-refractivity contribution in [2.45, 2.75) is 12.1 Å². The molecule has 8 heteroatoms. The first-order valence-electron chi connectivity index (χ1n) is 8.46. The largest absolute Gasteiger partial charge is 0.462 e. The highest BCUT2D eigenvalue weighted by Crippen LogP contribution is 2.25. The van der Waals surface area contributed by atoms with E-state index in [0.29, 0.717) is 34.4 Å². The molecule has 0 spiro atoms. The third kappa shape index (κ3) is 5.20. The number of benzene rings is 2. The molecule has 0 aliphatic carbocycles. The van der Waals surface area contributed by atoms with Gasteiger partial charge in [0.1, 0.15) is 5.82 Å². The van der Waals surface area contributed by atoms with Crippen LogP contribution in [0.3, 0.4) is 0 Å². The number of carbonyl (C=O) groups excluding carboxylic acids is 2. The summed E-state index contributed by atoms with van der Waals surface area (Å²) in [5.74, 6) is -0.377. The third-order valence-electron chi connectivity index (χ3n) is 3.62. The minimum Gasteiger partial charge on any atom is -0.462 e. The minimum atomic E-state index is -0.406. The maximum absolute atomic E-state index is 13.0. The number of rotatable bonds is 7. The summed E-state index contributed by atoms with van der Waals surface area (Å²) in [5, 5.41) is 3.07. The lowest BCUT2D eigenvalue weighted by Gasteiger charge is -2.06. The second kappa shape index (κ2) is 9.18. The molecule has 0 aliphatic rings. The lowest BCUT2D eigenvalue weighted by molar-refractivity contribution is -0.113. The highest BCUT2D eigenvalue weighted by molar-refractivity contribution is 7.99. The van der Waals surface area contributed by atoms with Gasteiger partial charge in [-0.1, -0.05) is 11.8 Å². The van der Waals surface area contributed by atoms with E-state index in [-0.39, 0.29) is 17.5 Å². The van der Waals surface area contributed by atoms with Gasteiger partial charge in [0.05, 0.1) is 24.1 Å². The van der Waals surface area contributed by atoms with Crippen LogP contribution < -0.4 is 5.32 Å². The Kier molecular flexibility index (Phi) is 6.44. The Morgan fingerprint density at radius 3 is 2.54 bits per heavy atom. The first kappa shape index (κ1) is 19.6. The highest BCUT2D eigenvalue weighted by atomic mass is 32.2. The Morgan fingerprint density at radius 2 is 1.86 bits per heavy atom. The molecule has 2 aromatic carbocycles. The maximum atomic E-state index is 13.0. The van der Waals surface area contributed by atoms with Gasteiger partial charge in [0.15, 0.2) is 5.76 Å². The van der Waals surface area contributed by atoms with E-state index in [1.54, 1.807) is 43.3 Å². The first-order chi connectivity index (χ1) is 13.5. The van der Waals surface area contributed by atoms with Crippen molar-refractivity contribution in [2.75, 3.05) is 17.7 Å². The van der Waals surface area contributed by atoms with Crippen LogP contribution in [0.1, 0.15) is 17.3 Å². The molecule has 6 nitrogen and oxygen atoms in total. The Balaban J connectivity index is 1.52. The van der Waals surface area contributed by atoms with Gasteiger partial charge in [-0.2, -0.15) is 0 Å². The second-order valence-corrected chi connectivity index (χ2v) is 6.56. The van der Waals surface area contributed by atoms with Crippen molar-refractivity contribution in [2.24, 2.45) is 0 Å². The number of nitrogens with one attached hydrogen (secondary N) is 1. The summed E-state index contributed by atoms with van der Waals surface area (Å²) in [6.07, 6.45) is 1.53. The molecule has 0 saturated carbocycles. The molecule has 144 valence electrons. The minimum absolute atomic E-state index is 0.100. The summed E-state index contributed by atoms with van der Waals surface area (Å²) < 4.78 is 23.5. The molecule has 0 bridgehead atoms. The van der Waals surface area contributed by atoms with Gasteiger partial charge in [0.25, 0.3) is 5.22 Å². The zero-order valence-electron chi connectivity index (χ0n) is 15.0. The number of thioether (sulfide) groups is 1. The Labute approximate surface area is 165 Å². The van der Waals surface area contributed by atoms with Crippen LogP contribution in [0.25, 0.3) is 11.3 Å². The molecule has 0 atom stereocenters. The van der Waals surface area contributed by atoms with Gasteiger partial charge in [0, 0.05) is 11.3 Å². The fraction of sp³-hybridized carbons (Fsp3) is 0.150. The van der Waals surface area contributed by atoms with Crippen LogP contribution in [-0.2, 0) is 9.53 Å². The molecule has 28 heavy (non-hydrogen) atoms. The predicted octanol–water partition coefficient (Wildman–Crippen LogP) is 4.39. The van der Waals surface area contributed by atoms with Crippen LogP contribution in [0.5, 0.6) is 0 Å². The molecule has 3 rings (SSSR count). The number of halogens is 1. The van der Waals surface area contributed by atoms with Gasteiger partial charge >= 0.3 is 5.97 Å². The number of esters is 1. The number of oxazole rings is 1. The van der Waals surface area contributed by atoms with E-state index in [0.717, 1.165) is 11.8 Å². The fourth-order valence-electron chi connectivity index (χ4n) is 2.30. The molecule has 0 unspecified atom stereocenters. The number of ether oxygens (including phenoxy) is 1. The SMILES string of the molecule is CCOC(=O)c1ccc(NC(=O)CSc2ncc(-c3ccc(F)cc3)o2)cc1. The fourth-order valence-corrected chi connectivity index (χ4v) is 2.90. The number of hydrogen-bond donors (Lipinski definition) is 1. The molecule has 1 heterocycles. The molecular formula is C20H17FN2O4S. The summed E-state index contributed by atoms with van der Waals surface area (Å²) >= 11 is 1.14. The first-order valence-corrected chi connectivity index (χ1v) is 9.45. The van der Waals surface area contributed by atoms with Crippen molar-refractivity contribution in [3.8, 4) is 11.3 Å². The number of nitrogens with zero attached hydrogens (tertiary/aromatic N) is 1. The van der Waals surface area contributed by atoms with Crippen LogP contribution in [-0.4, -0.2) is 29.2 Å². The summed E-state index contributed by atoms with van der Waals surface area (Å²) in [4.78, 5) is 27.8. The lowest BCUT2D eigenvalue weighted by Crippen LogP contribution is -2.14. The molecule has 0 saturated heterocycles. The van der Waals surface area contributed by atoms with E-state index >= 15 is 0 Å². The molecular weight excluding hydrogens is 383 g/mol. The van der Waals surface area contributed by atoms with Gasteiger partial charge in [-0.05, 0) is 55.5 Å². The lowest BCUT2D eigenvalue weighted by atomic mass is 10.2. The average molecular weight is 400 g/mol. The number of hydrogen-bond acceptors (Lipinski definition) is 6. The summed E-state index contributed by atoms with van der Waals surface area (Å²) in [7, 11) is 0. The molecule has 3 aromatic rings. The van der Waals surface area contributed by atoms with Crippen LogP contribution in [0.2, 0.25) is 0 Å². The quantitative estimate of drug-likeness (QED) is 0.468. The van der Waals surface area contributed by atoms with Crippen LogP contribution >= 0.6 is 11.8 Å².